The standard InChI is InChI=1S/C29H33ClIN3O4S/c1-4-21(2)32-29(36)27(18-22-8-6-5-7-9-22)33(19-23-10-12-24(30)13-11-23)28(35)20-34(39(3,37)38)26-16-14-25(31)15-17-26/h5-17,21,27H,4,18-20H2,1-3H3,(H,32,36)/t21-,27-/m1/s1. The molecule has 208 valence electrons. The van der Waals surface area contributed by atoms with E-state index in [1.54, 1.807) is 48.5 Å². The Morgan fingerprint density at radius 1 is 0.949 bits per heavy atom. The van der Waals surface area contributed by atoms with E-state index in [9.17, 15) is 18.0 Å². The molecule has 0 saturated carbocycles. The van der Waals surface area contributed by atoms with Gasteiger partial charge in [0.05, 0.1) is 11.9 Å². The van der Waals surface area contributed by atoms with Crippen molar-refractivity contribution < 1.29 is 18.0 Å². The van der Waals surface area contributed by atoms with Crippen LogP contribution in [0.5, 0.6) is 0 Å². The Morgan fingerprint density at radius 3 is 2.13 bits per heavy atom. The van der Waals surface area contributed by atoms with Gasteiger partial charge in [0, 0.05) is 27.6 Å². The quantitative estimate of drug-likeness (QED) is 0.264. The fourth-order valence-corrected chi connectivity index (χ4v) is 5.34. The molecule has 2 atom stereocenters. The van der Waals surface area contributed by atoms with Gasteiger partial charge in [-0.1, -0.05) is 61.0 Å². The monoisotopic (exact) mass is 681 g/mol. The molecule has 10 heteroatoms. The first-order valence-electron chi connectivity index (χ1n) is 12.6. The van der Waals surface area contributed by atoms with Crippen LogP contribution in [-0.4, -0.2) is 50.0 Å². The molecular formula is C29H33ClIN3O4S. The number of nitrogens with zero attached hydrogens (tertiary/aromatic N) is 2. The van der Waals surface area contributed by atoms with Gasteiger partial charge in [0.2, 0.25) is 21.8 Å². The van der Waals surface area contributed by atoms with E-state index in [1.165, 1.54) is 4.90 Å². The highest BCUT2D eigenvalue weighted by molar-refractivity contribution is 14.1. The van der Waals surface area contributed by atoms with Gasteiger partial charge in [0.15, 0.2) is 0 Å². The third-order valence-corrected chi connectivity index (χ3v) is 8.44. The van der Waals surface area contributed by atoms with E-state index in [4.69, 9.17) is 11.6 Å². The third kappa shape index (κ3) is 9.22. The van der Waals surface area contributed by atoms with Crippen LogP contribution < -0.4 is 9.62 Å². The average molecular weight is 682 g/mol. The number of carbonyl (C=O) groups excluding carboxylic acids is 2. The van der Waals surface area contributed by atoms with Crippen LogP contribution in [0.25, 0.3) is 0 Å². The molecule has 3 rings (SSSR count). The van der Waals surface area contributed by atoms with Crippen LogP contribution in [0.15, 0.2) is 78.9 Å². The van der Waals surface area contributed by atoms with Gasteiger partial charge in [-0.25, -0.2) is 8.42 Å². The van der Waals surface area contributed by atoms with Crippen LogP contribution in [0.4, 0.5) is 5.69 Å². The number of hydrogen-bond acceptors (Lipinski definition) is 4. The minimum Gasteiger partial charge on any atom is -0.352 e. The number of carbonyl (C=O) groups is 2. The SMILES string of the molecule is CC[C@@H](C)NC(=O)[C@@H](Cc1ccccc1)N(Cc1ccc(Cl)cc1)C(=O)CN(c1ccc(I)cc1)S(C)(=O)=O. The number of benzene rings is 3. The molecule has 2 amide bonds. The zero-order chi connectivity index (χ0) is 28.6. The number of rotatable bonds is 12. The van der Waals surface area contributed by atoms with E-state index in [2.05, 4.69) is 27.9 Å². The van der Waals surface area contributed by atoms with E-state index in [1.807, 2.05) is 44.2 Å². The topological polar surface area (TPSA) is 86.8 Å². The van der Waals surface area contributed by atoms with Gasteiger partial charge < -0.3 is 10.2 Å². The zero-order valence-corrected chi connectivity index (χ0v) is 25.9. The van der Waals surface area contributed by atoms with Crippen molar-refractivity contribution in [3.63, 3.8) is 0 Å². The number of anilines is 1. The van der Waals surface area contributed by atoms with Crippen LogP contribution in [0, 0.1) is 3.57 Å². The summed E-state index contributed by atoms with van der Waals surface area (Å²) < 4.78 is 27.6. The van der Waals surface area contributed by atoms with Gasteiger partial charge in [-0.05, 0) is 83.5 Å². The van der Waals surface area contributed by atoms with E-state index in [-0.39, 0.29) is 24.9 Å². The Hall–Kier alpha value is -2.63. The van der Waals surface area contributed by atoms with Crippen molar-refractivity contribution in [2.24, 2.45) is 0 Å². The minimum absolute atomic E-state index is 0.0948. The summed E-state index contributed by atoms with van der Waals surface area (Å²) >= 11 is 8.22. The van der Waals surface area contributed by atoms with Crippen LogP contribution >= 0.6 is 34.2 Å². The summed E-state index contributed by atoms with van der Waals surface area (Å²) in [5.74, 6) is -0.787. The van der Waals surface area contributed by atoms with E-state index in [0.29, 0.717) is 10.7 Å². The summed E-state index contributed by atoms with van der Waals surface area (Å²) in [6.07, 6.45) is 2.06. The molecule has 0 saturated heterocycles. The van der Waals surface area contributed by atoms with Crippen molar-refractivity contribution >= 4 is 61.7 Å². The van der Waals surface area contributed by atoms with Crippen LogP contribution in [0.3, 0.4) is 0 Å². The first-order chi connectivity index (χ1) is 18.5. The van der Waals surface area contributed by atoms with Crippen molar-refractivity contribution in [3.8, 4) is 0 Å². The Morgan fingerprint density at radius 2 is 1.56 bits per heavy atom. The molecule has 0 bridgehead atoms. The highest BCUT2D eigenvalue weighted by Crippen LogP contribution is 2.22. The smallest absolute Gasteiger partial charge is 0.244 e. The van der Waals surface area contributed by atoms with Gasteiger partial charge in [-0.3, -0.25) is 13.9 Å². The maximum Gasteiger partial charge on any atom is 0.244 e. The second-order valence-corrected chi connectivity index (χ2v) is 13.0. The molecule has 3 aromatic carbocycles. The number of halogens is 2. The number of hydrogen-bond donors (Lipinski definition) is 1. The van der Waals surface area contributed by atoms with Gasteiger partial charge in [0.1, 0.15) is 12.6 Å². The first kappa shape index (κ1) is 30.9. The molecule has 0 aliphatic rings. The lowest BCUT2D eigenvalue weighted by Gasteiger charge is -2.34. The van der Waals surface area contributed by atoms with Gasteiger partial charge in [0.25, 0.3) is 0 Å². The van der Waals surface area contributed by atoms with Gasteiger partial charge >= 0.3 is 0 Å². The predicted octanol–water partition coefficient (Wildman–Crippen LogP) is 5.27. The molecule has 3 aromatic rings. The summed E-state index contributed by atoms with van der Waals surface area (Å²) in [4.78, 5) is 29.1. The summed E-state index contributed by atoms with van der Waals surface area (Å²) in [5.41, 5.74) is 2.03. The lowest BCUT2D eigenvalue weighted by atomic mass is 10.0. The molecule has 0 heterocycles. The summed E-state index contributed by atoms with van der Waals surface area (Å²) in [5, 5.41) is 3.56. The molecular weight excluding hydrogens is 649 g/mol. The van der Waals surface area contributed by atoms with Crippen molar-refractivity contribution in [1.29, 1.82) is 0 Å². The van der Waals surface area contributed by atoms with E-state index >= 15 is 0 Å². The van der Waals surface area contributed by atoms with Crippen LogP contribution in [0.1, 0.15) is 31.4 Å². The molecule has 0 radical (unpaired) electrons. The summed E-state index contributed by atoms with van der Waals surface area (Å²) in [6.45, 7) is 3.53. The van der Waals surface area contributed by atoms with Crippen molar-refractivity contribution in [1.82, 2.24) is 10.2 Å². The Bertz CT molecular complexity index is 1350. The van der Waals surface area contributed by atoms with Gasteiger partial charge in [-0.2, -0.15) is 0 Å². The molecule has 0 aromatic heterocycles. The molecule has 1 N–H and O–H groups in total. The maximum absolute atomic E-state index is 14.0. The highest BCUT2D eigenvalue weighted by Gasteiger charge is 2.33. The lowest BCUT2D eigenvalue weighted by Crippen LogP contribution is -2.54. The average Bonchev–Trinajstić information content (AvgIpc) is 2.90. The molecule has 0 fully saturated rings. The molecule has 0 spiro atoms. The largest absolute Gasteiger partial charge is 0.352 e. The molecule has 0 aliphatic heterocycles. The Kier molecular flexibility index (Phi) is 11.2. The van der Waals surface area contributed by atoms with Crippen molar-refractivity contribution in [3.05, 3.63) is 98.6 Å². The highest BCUT2D eigenvalue weighted by atomic mass is 127. The molecule has 39 heavy (non-hydrogen) atoms. The summed E-state index contributed by atoms with van der Waals surface area (Å²) in [7, 11) is -3.80. The molecule has 7 nitrogen and oxygen atoms in total. The lowest BCUT2D eigenvalue weighted by molar-refractivity contribution is -0.140. The predicted molar refractivity (Wildman–Crippen MR) is 165 cm³/mol. The Labute approximate surface area is 249 Å². The van der Waals surface area contributed by atoms with E-state index < -0.39 is 28.5 Å². The van der Waals surface area contributed by atoms with E-state index in [0.717, 1.165) is 31.7 Å². The number of sulfonamides is 1. The summed E-state index contributed by atoms with van der Waals surface area (Å²) in [6, 6.07) is 22.4. The van der Waals surface area contributed by atoms with Gasteiger partial charge in [-0.15, -0.1) is 0 Å². The second kappa shape index (κ2) is 14.1. The normalized spacial score (nSPS) is 12.8. The second-order valence-electron chi connectivity index (χ2n) is 9.42. The number of nitrogens with one attached hydrogen (secondary N) is 1. The van der Waals surface area contributed by atoms with Crippen LogP contribution in [0.2, 0.25) is 5.02 Å². The third-order valence-electron chi connectivity index (χ3n) is 6.33. The fraction of sp³-hybridized carbons (Fsp3) is 0.310. The first-order valence-corrected chi connectivity index (χ1v) is 15.9. The fourth-order valence-electron chi connectivity index (χ4n) is 4.00. The molecule has 0 unspecified atom stereocenters. The minimum atomic E-state index is -3.80. The van der Waals surface area contributed by atoms with Crippen molar-refractivity contribution in [2.45, 2.75) is 45.3 Å². The van der Waals surface area contributed by atoms with Crippen LogP contribution in [-0.2, 0) is 32.6 Å². The number of amides is 2. The Balaban J connectivity index is 2.04. The van der Waals surface area contributed by atoms with Crippen molar-refractivity contribution in [2.75, 3.05) is 17.1 Å². The molecule has 0 aliphatic carbocycles. The maximum atomic E-state index is 14.0. The zero-order valence-electron chi connectivity index (χ0n) is 22.2.